The summed E-state index contributed by atoms with van der Waals surface area (Å²) in [6.45, 7) is 4.28. The number of Topliss-reactive ketones (excluding diaryl/α,β-unsaturated/α-hetero) is 2. The molecule has 0 spiro atoms. The number of benzene rings is 4. The number of carbonyl (C=O) groups excluding carboxylic acids is 5. The van der Waals surface area contributed by atoms with E-state index in [9.17, 15) is 37.1 Å². The first-order chi connectivity index (χ1) is 32.6. The van der Waals surface area contributed by atoms with Crippen molar-refractivity contribution in [3.8, 4) is 34.5 Å². The third-order valence-electron chi connectivity index (χ3n) is 14.2. The predicted molar refractivity (Wildman–Crippen MR) is 241 cm³/mol. The Labute approximate surface area is 403 Å². The van der Waals surface area contributed by atoms with Crippen LogP contribution in [0.5, 0.6) is 34.5 Å². The van der Waals surface area contributed by atoms with E-state index in [0.717, 1.165) is 32.3 Å². The Morgan fingerprint density at radius 2 is 1.33 bits per heavy atom. The van der Waals surface area contributed by atoms with Crippen molar-refractivity contribution in [2.45, 2.75) is 106 Å². The minimum absolute atomic E-state index is 0.0182. The molecule has 4 aromatic rings. The van der Waals surface area contributed by atoms with Gasteiger partial charge in [0.05, 0.1) is 17.0 Å². The number of alkyl halides is 1. The molecule has 6 aliphatic carbocycles. The van der Waals surface area contributed by atoms with Gasteiger partial charge in [-0.05, 0) is 118 Å². The van der Waals surface area contributed by atoms with Crippen molar-refractivity contribution in [2.75, 3.05) is 19.8 Å². The van der Waals surface area contributed by atoms with Gasteiger partial charge in [0.15, 0.2) is 42.4 Å². The Balaban J connectivity index is 0.000000161. The molecule has 0 saturated heterocycles. The van der Waals surface area contributed by atoms with Crippen molar-refractivity contribution in [1.29, 1.82) is 0 Å². The summed E-state index contributed by atoms with van der Waals surface area (Å²) in [5.41, 5.74) is -0.725. The van der Waals surface area contributed by atoms with Gasteiger partial charge in [-0.3, -0.25) is 24.0 Å². The molecule has 1 unspecified atom stereocenters. The summed E-state index contributed by atoms with van der Waals surface area (Å²) in [4.78, 5) is 63.3. The van der Waals surface area contributed by atoms with Gasteiger partial charge in [-0.15, -0.1) is 0 Å². The van der Waals surface area contributed by atoms with Gasteiger partial charge in [0.25, 0.3) is 11.8 Å². The predicted octanol–water partition coefficient (Wildman–Crippen LogP) is 7.73. The molecule has 3 atom stereocenters. The summed E-state index contributed by atoms with van der Waals surface area (Å²) < 4.78 is 73.6. The molecule has 6 fully saturated rings. The number of ether oxygens (including phenoxy) is 6. The Hall–Kier alpha value is -6.20. The zero-order valence-electron chi connectivity index (χ0n) is 37.6. The van der Waals surface area contributed by atoms with Gasteiger partial charge in [0, 0.05) is 52.7 Å². The Kier molecular flexibility index (Phi) is 11.1. The zero-order valence-corrected chi connectivity index (χ0v) is 39.1. The van der Waals surface area contributed by atoms with Crippen LogP contribution in [0.2, 0.25) is 10.0 Å². The second kappa shape index (κ2) is 16.5. The molecule has 3 aliphatic heterocycles. The Morgan fingerprint density at radius 1 is 0.725 bits per heavy atom. The van der Waals surface area contributed by atoms with Gasteiger partial charge in [0.2, 0.25) is 5.91 Å². The third kappa shape index (κ3) is 8.76. The SMILES string of the molecule is CC1(F)Oc2cc3c(cc2O1)[C@](C)(C(=O)NC12CC(NC(=O)COc4ccc(Cl)c(F)c4)(C1)C2)CO3.Cc1cc(OCC(=O)NC23CC(CC(=O)[C@@H]4CC(=O)c5cc(Cl)ccc5O4)(C2)C3)ccc1F. The van der Waals surface area contributed by atoms with Gasteiger partial charge >= 0.3 is 6.04 Å². The van der Waals surface area contributed by atoms with Gasteiger partial charge < -0.3 is 44.4 Å². The molecule has 13 rings (SSSR count). The highest BCUT2D eigenvalue weighted by molar-refractivity contribution is 6.31. The quantitative estimate of drug-likeness (QED) is 0.120. The largest absolute Gasteiger partial charge is 0.492 e. The second-order valence-electron chi connectivity index (χ2n) is 20.0. The maximum absolute atomic E-state index is 14.1. The van der Waals surface area contributed by atoms with Gasteiger partial charge in [-0.25, -0.2) is 8.78 Å². The standard InChI is InChI=1S/C25H23ClF2N2O6.C25H23ClFNO5/c1-22(12-34-17-7-19-18(6-14(17)22)35-23(2,28)36-19)21(32)30-25-9-24(10-25,11-25)29-20(31)8-33-13-3-4-15(26)16(27)5-13;1-14-6-16(3-4-18(14)27)32-10-23(31)28-25-11-24(12-25,13-25)9-20(30)22-8-19(29)17-7-15(26)2-5-21(17)33-22/h3-7H,8-12H2,1-2H3,(H,29,31)(H,30,32);2-7,22H,8-13H2,1H3,(H,28,31)/t22-,23?,24?,25?;22-,24?,25?/m10/s1. The van der Waals surface area contributed by atoms with Crippen LogP contribution in [-0.2, 0) is 24.6 Å². The van der Waals surface area contributed by atoms with Gasteiger partial charge in [-0.2, -0.15) is 4.39 Å². The minimum Gasteiger partial charge on any atom is -0.492 e. The van der Waals surface area contributed by atoms with Gasteiger partial charge in [-0.1, -0.05) is 23.2 Å². The average Bonchev–Trinajstić information content (AvgIpc) is 3.74. The third-order valence-corrected chi connectivity index (χ3v) is 14.7. The molecular weight excluding hydrogens is 946 g/mol. The van der Waals surface area contributed by atoms with Crippen LogP contribution in [0.1, 0.15) is 86.7 Å². The summed E-state index contributed by atoms with van der Waals surface area (Å²) in [7, 11) is 0. The van der Waals surface area contributed by atoms with E-state index in [1.54, 1.807) is 50.2 Å². The van der Waals surface area contributed by atoms with Crippen LogP contribution in [0, 0.1) is 24.0 Å². The molecule has 3 heterocycles. The number of halogens is 5. The fourth-order valence-electron chi connectivity index (χ4n) is 11.1. The van der Waals surface area contributed by atoms with Gasteiger partial charge in [0.1, 0.15) is 46.7 Å². The molecule has 69 heavy (non-hydrogen) atoms. The summed E-state index contributed by atoms with van der Waals surface area (Å²) >= 11 is 11.6. The van der Waals surface area contributed by atoms with Crippen molar-refractivity contribution in [3.63, 3.8) is 0 Å². The summed E-state index contributed by atoms with van der Waals surface area (Å²) in [6.07, 6.45) is 3.52. The molecular formula is C50H46Cl2F3N3O11. The van der Waals surface area contributed by atoms with E-state index in [0.29, 0.717) is 64.6 Å². The van der Waals surface area contributed by atoms with Crippen LogP contribution in [0.15, 0.2) is 66.7 Å². The van der Waals surface area contributed by atoms with Crippen molar-refractivity contribution >= 4 is 52.5 Å². The first kappa shape index (κ1) is 46.5. The van der Waals surface area contributed by atoms with Crippen LogP contribution in [-0.4, -0.2) is 77.9 Å². The van der Waals surface area contributed by atoms with E-state index in [1.807, 2.05) is 0 Å². The zero-order chi connectivity index (χ0) is 48.9. The highest BCUT2D eigenvalue weighted by Gasteiger charge is 2.70. The molecule has 6 saturated carbocycles. The highest BCUT2D eigenvalue weighted by Crippen LogP contribution is 2.69. The fourth-order valence-corrected chi connectivity index (χ4v) is 11.4. The number of aryl methyl sites for hydroxylation is 1. The first-order valence-corrected chi connectivity index (χ1v) is 23.1. The average molecular weight is 993 g/mol. The van der Waals surface area contributed by atoms with Crippen LogP contribution in [0.4, 0.5) is 13.2 Å². The van der Waals surface area contributed by atoms with Crippen LogP contribution in [0.25, 0.3) is 0 Å². The monoisotopic (exact) mass is 991 g/mol. The molecule has 9 aliphatic rings. The molecule has 0 radical (unpaired) electrons. The molecule has 3 N–H and O–H groups in total. The molecule has 19 heteroatoms. The van der Waals surface area contributed by atoms with Crippen LogP contribution in [0.3, 0.4) is 0 Å². The maximum atomic E-state index is 14.1. The van der Waals surface area contributed by atoms with Crippen LogP contribution < -0.4 is 44.4 Å². The van der Waals surface area contributed by atoms with E-state index in [-0.39, 0.29) is 100 Å². The van der Waals surface area contributed by atoms with E-state index in [4.69, 9.17) is 51.6 Å². The number of carbonyl (C=O) groups is 5. The van der Waals surface area contributed by atoms with E-state index < -0.39 is 28.9 Å². The number of nitrogens with one attached hydrogen (secondary N) is 3. The minimum atomic E-state index is -2.27. The lowest BCUT2D eigenvalue weighted by Crippen LogP contribution is -2.84. The summed E-state index contributed by atoms with van der Waals surface area (Å²) in [6, 6.07) is 14.0. The number of rotatable bonds is 13. The number of hydrogen-bond acceptors (Lipinski definition) is 11. The highest BCUT2D eigenvalue weighted by atomic mass is 35.5. The number of ketones is 2. The second-order valence-corrected chi connectivity index (χ2v) is 20.8. The molecule has 362 valence electrons. The van der Waals surface area contributed by atoms with Crippen molar-refractivity contribution in [3.05, 3.63) is 105 Å². The lowest BCUT2D eigenvalue weighted by atomic mass is 9.38. The Bertz CT molecular complexity index is 2840. The lowest BCUT2D eigenvalue weighted by molar-refractivity contribution is -0.175. The maximum Gasteiger partial charge on any atom is 0.404 e. The van der Waals surface area contributed by atoms with Crippen molar-refractivity contribution in [1.82, 2.24) is 16.0 Å². The number of amides is 3. The summed E-state index contributed by atoms with van der Waals surface area (Å²) in [5, 5.41) is 9.53. The molecule has 4 aromatic carbocycles. The molecule has 0 aromatic heterocycles. The fraction of sp³-hybridized carbons (Fsp3) is 0.420. The van der Waals surface area contributed by atoms with E-state index in [1.165, 1.54) is 24.3 Å². The molecule has 3 amide bonds. The topological polar surface area (TPSA) is 177 Å². The van der Waals surface area contributed by atoms with Crippen molar-refractivity contribution in [2.24, 2.45) is 5.41 Å². The first-order valence-electron chi connectivity index (χ1n) is 22.4. The lowest BCUT2D eigenvalue weighted by Gasteiger charge is -2.70. The Morgan fingerprint density at radius 3 is 1.99 bits per heavy atom. The number of hydrogen-bond donors (Lipinski definition) is 3. The van der Waals surface area contributed by atoms with E-state index in [2.05, 4.69) is 16.0 Å². The summed E-state index contributed by atoms with van der Waals surface area (Å²) in [5.74, 6) is -0.0118. The number of fused-ring (bicyclic) bond motifs is 3. The normalized spacial score (nSPS) is 29.8. The van der Waals surface area contributed by atoms with Crippen molar-refractivity contribution < 1.29 is 65.6 Å². The van der Waals surface area contributed by atoms with E-state index >= 15 is 0 Å². The molecule has 4 bridgehead atoms. The smallest absolute Gasteiger partial charge is 0.404 e. The molecule has 14 nitrogen and oxygen atoms in total. The van der Waals surface area contributed by atoms with Crippen LogP contribution >= 0.6 is 23.2 Å².